The topological polar surface area (TPSA) is 44.8 Å². The Hall–Kier alpha value is -3.05. The van der Waals surface area contributed by atoms with Gasteiger partial charge in [0, 0.05) is 5.56 Å². The molecule has 30 heavy (non-hydrogen) atoms. The number of hydrogen-bond donors (Lipinski definition) is 0. The summed E-state index contributed by atoms with van der Waals surface area (Å²) >= 11 is 0. The summed E-state index contributed by atoms with van der Waals surface area (Å²) in [4.78, 5) is 11.9. The van der Waals surface area contributed by atoms with Crippen LogP contribution in [0.4, 0.5) is 0 Å². The lowest BCUT2D eigenvalue weighted by Gasteiger charge is -2.28. The molecule has 0 N–H and O–H groups in total. The van der Waals surface area contributed by atoms with Crippen molar-refractivity contribution in [3.8, 4) is 17.2 Å². The number of carbonyl (C=O) groups is 1. The third kappa shape index (κ3) is 4.41. The van der Waals surface area contributed by atoms with E-state index in [-0.39, 0.29) is 5.41 Å². The molecule has 0 saturated heterocycles. The Morgan fingerprint density at radius 1 is 0.800 bits per heavy atom. The molecule has 0 bridgehead atoms. The van der Waals surface area contributed by atoms with E-state index in [1.807, 2.05) is 42.5 Å². The van der Waals surface area contributed by atoms with Gasteiger partial charge in [-0.05, 0) is 21.9 Å². The number of hydrogen-bond acceptors (Lipinski definition) is 4. The molecule has 0 heterocycles. The van der Waals surface area contributed by atoms with Crippen molar-refractivity contribution in [2.75, 3.05) is 14.2 Å². The summed E-state index contributed by atoms with van der Waals surface area (Å²) in [6, 6.07) is 22.2. The molecule has 0 unspecified atom stereocenters. The fraction of sp³-hybridized carbons (Fsp3) is 0.240. The third-order valence-corrected chi connectivity index (χ3v) is 6.99. The maximum Gasteiger partial charge on any atom is 0.352 e. The molecule has 0 aliphatic rings. The van der Waals surface area contributed by atoms with E-state index in [0.717, 1.165) is 22.2 Å². The highest BCUT2D eigenvalue weighted by Gasteiger charge is 2.31. The molecular formula is C25H27O4Si. The van der Waals surface area contributed by atoms with Gasteiger partial charge < -0.3 is 13.9 Å². The molecule has 3 rings (SSSR count). The summed E-state index contributed by atoms with van der Waals surface area (Å²) in [5.41, 5.74) is 1.03. The van der Waals surface area contributed by atoms with Gasteiger partial charge in [0.05, 0.1) is 14.2 Å². The fourth-order valence-electron chi connectivity index (χ4n) is 3.34. The lowest BCUT2D eigenvalue weighted by atomic mass is 9.85. The van der Waals surface area contributed by atoms with Crippen molar-refractivity contribution in [2.45, 2.75) is 26.2 Å². The van der Waals surface area contributed by atoms with Gasteiger partial charge in [0.2, 0.25) is 0 Å². The quantitative estimate of drug-likeness (QED) is 0.429. The Morgan fingerprint density at radius 3 is 1.73 bits per heavy atom. The second-order valence-electron chi connectivity index (χ2n) is 7.93. The van der Waals surface area contributed by atoms with Crippen molar-refractivity contribution in [2.24, 2.45) is 0 Å². The van der Waals surface area contributed by atoms with Crippen LogP contribution in [-0.4, -0.2) is 29.5 Å². The molecule has 0 aliphatic heterocycles. The number of methoxy groups -OCH3 is 2. The van der Waals surface area contributed by atoms with Crippen molar-refractivity contribution in [3.63, 3.8) is 0 Å². The van der Waals surface area contributed by atoms with Crippen LogP contribution in [0.5, 0.6) is 17.2 Å². The van der Waals surface area contributed by atoms with Gasteiger partial charge >= 0.3 is 9.04 Å². The summed E-state index contributed by atoms with van der Waals surface area (Å²) in [6.07, 6.45) is 0.758. The molecule has 0 aliphatic carbocycles. The van der Waals surface area contributed by atoms with Crippen LogP contribution in [-0.2, 0) is 5.41 Å². The maximum atomic E-state index is 11.9. The number of ether oxygens (including phenoxy) is 2. The molecule has 5 heteroatoms. The molecule has 0 amide bonds. The average molecular weight is 420 g/mol. The van der Waals surface area contributed by atoms with E-state index in [0.29, 0.717) is 22.8 Å². The van der Waals surface area contributed by atoms with Crippen molar-refractivity contribution in [3.05, 3.63) is 77.9 Å². The van der Waals surface area contributed by atoms with Crippen LogP contribution in [0, 0.1) is 0 Å². The maximum absolute atomic E-state index is 11.9. The van der Waals surface area contributed by atoms with Crippen LogP contribution < -0.4 is 24.3 Å². The molecule has 155 valence electrons. The van der Waals surface area contributed by atoms with Crippen LogP contribution in [0.25, 0.3) is 0 Å². The van der Waals surface area contributed by atoms with E-state index in [1.165, 1.54) is 0 Å². The molecule has 3 aromatic carbocycles. The minimum atomic E-state index is -1.65. The van der Waals surface area contributed by atoms with Crippen LogP contribution >= 0.6 is 0 Å². The average Bonchev–Trinajstić information content (AvgIpc) is 2.76. The third-order valence-electron chi connectivity index (χ3n) is 4.86. The summed E-state index contributed by atoms with van der Waals surface area (Å²) in [5.74, 6) is 1.48. The van der Waals surface area contributed by atoms with Crippen molar-refractivity contribution < 1.29 is 18.7 Å². The first kappa shape index (κ1) is 21.7. The molecule has 0 atom stereocenters. The van der Waals surface area contributed by atoms with Crippen LogP contribution in [0.15, 0.2) is 66.7 Å². The number of carbonyl (C=O) groups excluding carboxylic acids is 1. The molecule has 1 radical (unpaired) electrons. The predicted molar refractivity (Wildman–Crippen MR) is 122 cm³/mol. The molecular weight excluding hydrogens is 392 g/mol. The standard InChI is InChI=1S/C25H27O4Si/c1-25(2,3)21-16-22(27-4)20(17-26)23(28-5)24(21)29-30(18-12-8-6-9-13-18)19-14-10-7-11-15-19/h6-17H,1-5H3. The van der Waals surface area contributed by atoms with Crippen molar-refractivity contribution >= 4 is 25.7 Å². The fourth-order valence-corrected chi connectivity index (χ4v) is 5.30. The molecule has 3 aromatic rings. The smallest absolute Gasteiger partial charge is 0.352 e. The first-order chi connectivity index (χ1) is 14.4. The van der Waals surface area contributed by atoms with Crippen LogP contribution in [0.3, 0.4) is 0 Å². The van der Waals surface area contributed by atoms with E-state index < -0.39 is 9.04 Å². The number of benzene rings is 3. The van der Waals surface area contributed by atoms with Gasteiger partial charge in [-0.2, -0.15) is 0 Å². The molecule has 0 aromatic heterocycles. The van der Waals surface area contributed by atoms with E-state index in [2.05, 4.69) is 45.0 Å². The largest absolute Gasteiger partial charge is 0.530 e. The van der Waals surface area contributed by atoms with Gasteiger partial charge in [-0.3, -0.25) is 4.79 Å². The molecule has 4 nitrogen and oxygen atoms in total. The summed E-state index contributed by atoms with van der Waals surface area (Å²) in [7, 11) is 1.46. The number of aldehydes is 1. The lowest BCUT2D eigenvalue weighted by Crippen LogP contribution is -2.47. The zero-order valence-corrected chi connectivity index (χ0v) is 19.1. The predicted octanol–water partition coefficient (Wildman–Crippen LogP) is 4.00. The van der Waals surface area contributed by atoms with Crippen LogP contribution in [0.2, 0.25) is 0 Å². The minimum Gasteiger partial charge on any atom is -0.530 e. The highest BCUT2D eigenvalue weighted by molar-refractivity contribution is 6.80. The SMILES string of the molecule is COc1cc(C(C)(C)C)c(O[Si](c2ccccc2)c2ccccc2)c(OC)c1C=O. The van der Waals surface area contributed by atoms with Gasteiger partial charge in [-0.15, -0.1) is 0 Å². The second-order valence-corrected chi connectivity index (χ2v) is 9.95. The second kappa shape index (κ2) is 9.18. The monoisotopic (exact) mass is 419 g/mol. The Bertz CT molecular complexity index is 956. The van der Waals surface area contributed by atoms with Gasteiger partial charge in [0.15, 0.2) is 17.8 Å². The zero-order valence-electron chi connectivity index (χ0n) is 18.1. The zero-order chi connectivity index (χ0) is 21.7. The summed E-state index contributed by atoms with van der Waals surface area (Å²) in [5, 5.41) is 2.22. The Labute approximate surface area is 180 Å². The lowest BCUT2D eigenvalue weighted by molar-refractivity contribution is 0.111. The van der Waals surface area contributed by atoms with E-state index >= 15 is 0 Å². The first-order valence-corrected chi connectivity index (χ1v) is 11.2. The van der Waals surface area contributed by atoms with Crippen molar-refractivity contribution in [1.82, 2.24) is 0 Å². The molecule has 0 spiro atoms. The Morgan fingerprint density at radius 2 is 1.33 bits per heavy atom. The first-order valence-electron chi connectivity index (χ1n) is 9.81. The summed E-state index contributed by atoms with van der Waals surface area (Å²) < 4.78 is 18.0. The van der Waals surface area contributed by atoms with Crippen molar-refractivity contribution in [1.29, 1.82) is 0 Å². The van der Waals surface area contributed by atoms with Gasteiger partial charge in [0.1, 0.15) is 11.3 Å². The Balaban J connectivity index is 2.25. The summed E-state index contributed by atoms with van der Waals surface area (Å²) in [6.45, 7) is 6.31. The van der Waals surface area contributed by atoms with Gasteiger partial charge in [-0.1, -0.05) is 81.4 Å². The van der Waals surface area contributed by atoms with E-state index in [1.54, 1.807) is 14.2 Å². The van der Waals surface area contributed by atoms with Crippen LogP contribution in [0.1, 0.15) is 36.7 Å². The normalized spacial score (nSPS) is 11.3. The highest BCUT2D eigenvalue weighted by atomic mass is 28.3. The van der Waals surface area contributed by atoms with E-state index in [9.17, 15) is 4.79 Å². The highest BCUT2D eigenvalue weighted by Crippen LogP contribution is 2.45. The number of rotatable bonds is 7. The Kier molecular flexibility index (Phi) is 6.62. The minimum absolute atomic E-state index is 0.252. The molecule has 0 saturated carbocycles. The molecule has 0 fully saturated rings. The van der Waals surface area contributed by atoms with Gasteiger partial charge in [-0.25, -0.2) is 0 Å². The van der Waals surface area contributed by atoms with E-state index in [4.69, 9.17) is 13.9 Å². The van der Waals surface area contributed by atoms with Gasteiger partial charge in [0.25, 0.3) is 0 Å².